The molecular weight excluding hydrogens is 374 g/mol. The fourth-order valence-electron chi connectivity index (χ4n) is 2.67. The molecule has 0 aliphatic rings. The van der Waals surface area contributed by atoms with E-state index >= 15 is 0 Å². The highest BCUT2D eigenvalue weighted by Gasteiger charge is 2.18. The number of anilines is 1. The maximum atomic E-state index is 12.6. The van der Waals surface area contributed by atoms with Gasteiger partial charge >= 0.3 is 11.7 Å². The maximum Gasteiger partial charge on any atom is 0.335 e. The van der Waals surface area contributed by atoms with Crippen molar-refractivity contribution < 1.29 is 18.3 Å². The van der Waals surface area contributed by atoms with Gasteiger partial charge in [-0.25, -0.2) is 18.0 Å². The number of nitrogens with one attached hydrogen (secondary N) is 1. The SMILES string of the molecule is Cn1c(=O)c2cc(S(=O)(=O)Nc3cccc(C(=O)O)c3)ccc2n(C)c1=O. The van der Waals surface area contributed by atoms with Crippen molar-refractivity contribution in [3.05, 3.63) is 68.9 Å². The minimum absolute atomic E-state index is 0.0711. The number of fused-ring (bicyclic) bond motifs is 1. The Morgan fingerprint density at radius 2 is 1.74 bits per heavy atom. The van der Waals surface area contributed by atoms with Gasteiger partial charge in [0.2, 0.25) is 0 Å². The van der Waals surface area contributed by atoms with E-state index in [4.69, 9.17) is 5.11 Å². The number of benzene rings is 2. The molecule has 1 aromatic heterocycles. The molecule has 0 amide bonds. The van der Waals surface area contributed by atoms with E-state index in [-0.39, 0.29) is 21.5 Å². The van der Waals surface area contributed by atoms with Crippen LogP contribution in [0.3, 0.4) is 0 Å². The molecule has 0 aliphatic heterocycles. The van der Waals surface area contributed by atoms with E-state index in [1.165, 1.54) is 61.1 Å². The summed E-state index contributed by atoms with van der Waals surface area (Å²) >= 11 is 0. The summed E-state index contributed by atoms with van der Waals surface area (Å²) in [4.78, 5) is 35.1. The lowest BCUT2D eigenvalue weighted by molar-refractivity contribution is 0.0697. The molecule has 0 atom stereocenters. The van der Waals surface area contributed by atoms with Gasteiger partial charge in [0.15, 0.2) is 0 Å². The minimum Gasteiger partial charge on any atom is -0.478 e. The van der Waals surface area contributed by atoms with Crippen molar-refractivity contribution in [1.29, 1.82) is 0 Å². The van der Waals surface area contributed by atoms with Gasteiger partial charge in [0, 0.05) is 19.8 Å². The summed E-state index contributed by atoms with van der Waals surface area (Å²) in [6.07, 6.45) is 0. The van der Waals surface area contributed by atoms with Crippen molar-refractivity contribution in [3.63, 3.8) is 0 Å². The zero-order valence-corrected chi connectivity index (χ0v) is 15.1. The third-order valence-electron chi connectivity index (χ3n) is 4.11. The van der Waals surface area contributed by atoms with Gasteiger partial charge in [0.05, 0.1) is 21.4 Å². The van der Waals surface area contributed by atoms with Crippen LogP contribution in [0, 0.1) is 0 Å². The lowest BCUT2D eigenvalue weighted by atomic mass is 10.2. The first-order valence-electron chi connectivity index (χ1n) is 7.68. The largest absolute Gasteiger partial charge is 0.478 e. The van der Waals surface area contributed by atoms with E-state index in [1.807, 2.05) is 0 Å². The van der Waals surface area contributed by atoms with E-state index in [1.54, 1.807) is 0 Å². The molecule has 0 unspecified atom stereocenters. The fraction of sp³-hybridized carbons (Fsp3) is 0.118. The predicted molar refractivity (Wildman–Crippen MR) is 98.6 cm³/mol. The summed E-state index contributed by atoms with van der Waals surface area (Å²) in [5, 5.41) is 9.08. The highest BCUT2D eigenvalue weighted by atomic mass is 32.2. The molecule has 10 heteroatoms. The van der Waals surface area contributed by atoms with Gasteiger partial charge in [0.25, 0.3) is 15.6 Å². The van der Waals surface area contributed by atoms with Crippen LogP contribution in [0.5, 0.6) is 0 Å². The molecule has 0 saturated carbocycles. The van der Waals surface area contributed by atoms with Crippen molar-refractivity contribution in [3.8, 4) is 0 Å². The number of hydrogen-bond donors (Lipinski definition) is 2. The Bertz CT molecular complexity index is 1300. The molecular formula is C17H15N3O6S. The molecule has 0 bridgehead atoms. The molecule has 0 fully saturated rings. The Labute approximate surface area is 153 Å². The summed E-state index contributed by atoms with van der Waals surface area (Å²) in [5.41, 5.74) is -0.833. The van der Waals surface area contributed by atoms with E-state index in [0.29, 0.717) is 5.52 Å². The number of rotatable bonds is 4. The van der Waals surface area contributed by atoms with E-state index in [0.717, 1.165) is 4.57 Å². The van der Waals surface area contributed by atoms with Crippen LogP contribution in [0.15, 0.2) is 56.9 Å². The van der Waals surface area contributed by atoms with Crippen LogP contribution in [-0.2, 0) is 24.1 Å². The number of carboxylic acid groups (broad SMARTS) is 1. The van der Waals surface area contributed by atoms with E-state index in [2.05, 4.69) is 4.72 Å². The topological polar surface area (TPSA) is 127 Å². The Balaban J connectivity index is 2.11. The van der Waals surface area contributed by atoms with Gasteiger partial charge in [0.1, 0.15) is 0 Å². The zero-order chi connectivity index (χ0) is 19.9. The molecule has 1 heterocycles. The van der Waals surface area contributed by atoms with Crippen molar-refractivity contribution >= 4 is 32.6 Å². The van der Waals surface area contributed by atoms with Crippen molar-refractivity contribution in [2.24, 2.45) is 14.1 Å². The number of carbonyl (C=O) groups is 1. The van der Waals surface area contributed by atoms with Gasteiger partial charge in [-0.15, -0.1) is 0 Å². The van der Waals surface area contributed by atoms with Crippen LogP contribution in [0.25, 0.3) is 10.9 Å². The van der Waals surface area contributed by atoms with Crippen LogP contribution in [0.2, 0.25) is 0 Å². The lowest BCUT2D eigenvalue weighted by Crippen LogP contribution is -2.37. The molecule has 3 rings (SSSR count). The fourth-order valence-corrected chi connectivity index (χ4v) is 3.75. The average Bonchev–Trinajstić information content (AvgIpc) is 2.64. The van der Waals surface area contributed by atoms with Gasteiger partial charge in [-0.2, -0.15) is 0 Å². The lowest BCUT2D eigenvalue weighted by Gasteiger charge is -2.11. The third kappa shape index (κ3) is 3.22. The standard InChI is InChI=1S/C17H15N3O6S/c1-19-14-7-6-12(9-13(14)15(21)20(2)17(19)24)27(25,26)18-11-5-3-4-10(8-11)16(22)23/h3-9,18H,1-2H3,(H,22,23). The molecule has 9 nitrogen and oxygen atoms in total. The number of hydrogen-bond acceptors (Lipinski definition) is 5. The van der Waals surface area contributed by atoms with Crippen LogP contribution in [0.1, 0.15) is 10.4 Å². The summed E-state index contributed by atoms with van der Waals surface area (Å²) in [6.45, 7) is 0. The minimum atomic E-state index is -4.08. The maximum absolute atomic E-state index is 12.6. The second-order valence-electron chi connectivity index (χ2n) is 5.88. The Hall–Kier alpha value is -3.40. The number of carboxylic acids is 1. The first kappa shape index (κ1) is 18.4. The second kappa shape index (κ2) is 6.40. The van der Waals surface area contributed by atoms with Gasteiger partial charge in [-0.05, 0) is 36.4 Å². The number of aromatic carboxylic acids is 1. The molecule has 3 aromatic rings. The van der Waals surface area contributed by atoms with E-state index < -0.39 is 27.2 Å². The van der Waals surface area contributed by atoms with Gasteiger partial charge in [-0.1, -0.05) is 6.07 Å². The Morgan fingerprint density at radius 1 is 1.04 bits per heavy atom. The van der Waals surface area contributed by atoms with Crippen LogP contribution < -0.4 is 16.0 Å². The number of sulfonamides is 1. The zero-order valence-electron chi connectivity index (χ0n) is 14.3. The summed E-state index contributed by atoms with van der Waals surface area (Å²) in [7, 11) is -1.29. The summed E-state index contributed by atoms with van der Waals surface area (Å²) in [6, 6.07) is 9.16. The van der Waals surface area contributed by atoms with Crippen molar-refractivity contribution in [2.45, 2.75) is 4.90 Å². The van der Waals surface area contributed by atoms with E-state index in [9.17, 15) is 22.8 Å². The monoisotopic (exact) mass is 389 g/mol. The molecule has 27 heavy (non-hydrogen) atoms. The van der Waals surface area contributed by atoms with Crippen LogP contribution >= 0.6 is 0 Å². The second-order valence-corrected chi connectivity index (χ2v) is 7.56. The Morgan fingerprint density at radius 3 is 2.41 bits per heavy atom. The van der Waals surface area contributed by atoms with Gasteiger partial charge < -0.3 is 5.11 Å². The van der Waals surface area contributed by atoms with Crippen LogP contribution in [-0.4, -0.2) is 28.6 Å². The third-order valence-corrected chi connectivity index (χ3v) is 5.49. The summed E-state index contributed by atoms with van der Waals surface area (Å²) < 4.78 is 29.7. The molecule has 2 N–H and O–H groups in total. The van der Waals surface area contributed by atoms with Crippen molar-refractivity contribution in [1.82, 2.24) is 9.13 Å². The summed E-state index contributed by atoms with van der Waals surface area (Å²) in [5.74, 6) is -1.19. The first-order chi connectivity index (χ1) is 12.6. The molecule has 0 spiro atoms. The molecule has 0 radical (unpaired) electrons. The number of aromatic nitrogens is 2. The molecule has 140 valence electrons. The smallest absolute Gasteiger partial charge is 0.335 e. The Kier molecular flexibility index (Phi) is 4.36. The molecule has 0 saturated heterocycles. The quantitative estimate of drug-likeness (QED) is 0.677. The van der Waals surface area contributed by atoms with Crippen LogP contribution in [0.4, 0.5) is 5.69 Å². The number of aryl methyl sites for hydroxylation is 1. The first-order valence-corrected chi connectivity index (χ1v) is 9.16. The molecule has 0 aliphatic carbocycles. The van der Waals surface area contributed by atoms with Crippen molar-refractivity contribution in [2.75, 3.05) is 4.72 Å². The molecule has 2 aromatic carbocycles. The highest BCUT2D eigenvalue weighted by Crippen LogP contribution is 2.20. The van der Waals surface area contributed by atoms with Gasteiger partial charge in [-0.3, -0.25) is 18.7 Å². The predicted octanol–water partition coefficient (Wildman–Crippen LogP) is 0.736. The number of nitrogens with zero attached hydrogens (tertiary/aromatic N) is 2. The highest BCUT2D eigenvalue weighted by molar-refractivity contribution is 7.92. The average molecular weight is 389 g/mol. The normalized spacial score (nSPS) is 11.5.